The van der Waals surface area contributed by atoms with Gasteiger partial charge in [0, 0.05) is 6.07 Å². The van der Waals surface area contributed by atoms with Crippen LogP contribution < -0.4 is 9.47 Å². The molecule has 0 saturated heterocycles. The van der Waals surface area contributed by atoms with E-state index in [1.165, 1.54) is 0 Å². The van der Waals surface area contributed by atoms with Crippen LogP contribution in [-0.2, 0) is 0 Å². The van der Waals surface area contributed by atoms with Crippen LogP contribution in [0.5, 0.6) is 34.5 Å². The minimum Gasteiger partial charge on any atom is -0.508 e. The zero-order valence-corrected chi connectivity index (χ0v) is 11.5. The van der Waals surface area contributed by atoms with Crippen LogP contribution in [0.1, 0.15) is 0 Å². The molecule has 3 aromatic rings. The zero-order valence-electron chi connectivity index (χ0n) is 11.5. The van der Waals surface area contributed by atoms with E-state index in [0.29, 0.717) is 23.0 Å². The lowest BCUT2D eigenvalue weighted by Crippen LogP contribution is -1.88. The van der Waals surface area contributed by atoms with E-state index in [1.807, 2.05) is 0 Å². The van der Waals surface area contributed by atoms with Crippen molar-refractivity contribution in [3.05, 3.63) is 67.0 Å². The first-order valence-corrected chi connectivity index (χ1v) is 6.58. The third-order valence-corrected chi connectivity index (χ3v) is 2.83. The van der Waals surface area contributed by atoms with Gasteiger partial charge in [-0.1, -0.05) is 0 Å². The van der Waals surface area contributed by atoms with Gasteiger partial charge in [-0.2, -0.15) is 0 Å². The van der Waals surface area contributed by atoms with Gasteiger partial charge >= 0.3 is 0 Å². The van der Waals surface area contributed by atoms with Crippen molar-refractivity contribution in [2.75, 3.05) is 0 Å². The molecule has 0 amide bonds. The molecule has 5 nitrogen and oxygen atoms in total. The van der Waals surface area contributed by atoms with Gasteiger partial charge in [0.15, 0.2) is 0 Å². The number of aromatic nitrogens is 1. The summed E-state index contributed by atoms with van der Waals surface area (Å²) in [5.74, 6) is 2.55. The monoisotopic (exact) mass is 295 g/mol. The number of hydrogen-bond donors (Lipinski definition) is 2. The van der Waals surface area contributed by atoms with Crippen LogP contribution in [0.4, 0.5) is 0 Å². The Balaban J connectivity index is 1.74. The number of aromatic hydroxyl groups is 2. The Kier molecular flexibility index (Phi) is 3.78. The summed E-state index contributed by atoms with van der Waals surface area (Å²) in [6, 6.07) is 14.5. The number of benzene rings is 2. The summed E-state index contributed by atoms with van der Waals surface area (Å²) in [6.07, 6.45) is 3.13. The Labute approximate surface area is 127 Å². The lowest BCUT2D eigenvalue weighted by Gasteiger charge is -2.08. The van der Waals surface area contributed by atoms with Gasteiger partial charge in [0.05, 0.1) is 12.4 Å². The Morgan fingerprint density at radius 2 is 1.00 bits per heavy atom. The van der Waals surface area contributed by atoms with Gasteiger partial charge in [-0.25, -0.2) is 0 Å². The van der Waals surface area contributed by atoms with Crippen LogP contribution in [0.25, 0.3) is 0 Å². The molecule has 3 rings (SSSR count). The Morgan fingerprint density at radius 3 is 1.41 bits per heavy atom. The number of pyridine rings is 1. The highest BCUT2D eigenvalue weighted by molar-refractivity contribution is 5.38. The average Bonchev–Trinajstić information content (AvgIpc) is 2.52. The highest BCUT2D eigenvalue weighted by Crippen LogP contribution is 2.28. The molecule has 22 heavy (non-hydrogen) atoms. The maximum Gasteiger partial charge on any atom is 0.149 e. The molecule has 0 bridgehead atoms. The molecule has 0 fully saturated rings. The van der Waals surface area contributed by atoms with Crippen molar-refractivity contribution in [3.8, 4) is 34.5 Å². The SMILES string of the molecule is Oc1ccc(Oc2cncc(Oc3ccc(O)cc3)c2)cc1. The predicted molar refractivity (Wildman–Crippen MR) is 80.6 cm³/mol. The van der Waals surface area contributed by atoms with E-state index >= 15 is 0 Å². The summed E-state index contributed by atoms with van der Waals surface area (Å²) >= 11 is 0. The second-order valence-electron chi connectivity index (χ2n) is 4.55. The molecule has 0 radical (unpaired) electrons. The van der Waals surface area contributed by atoms with Gasteiger partial charge in [-0.15, -0.1) is 0 Å². The molecule has 0 spiro atoms. The molecule has 110 valence electrons. The third kappa shape index (κ3) is 3.46. The van der Waals surface area contributed by atoms with Crippen molar-refractivity contribution in [2.45, 2.75) is 0 Å². The molecule has 0 aliphatic rings. The fraction of sp³-hybridized carbons (Fsp3) is 0. The maximum absolute atomic E-state index is 9.24. The number of phenols is 2. The lowest BCUT2D eigenvalue weighted by atomic mass is 10.3. The second-order valence-corrected chi connectivity index (χ2v) is 4.55. The molecule has 1 heterocycles. The minimum atomic E-state index is 0.176. The maximum atomic E-state index is 9.24. The van der Waals surface area contributed by atoms with Gasteiger partial charge in [-0.3, -0.25) is 4.98 Å². The Bertz CT molecular complexity index is 692. The van der Waals surface area contributed by atoms with Crippen molar-refractivity contribution < 1.29 is 19.7 Å². The average molecular weight is 295 g/mol. The van der Waals surface area contributed by atoms with E-state index in [9.17, 15) is 10.2 Å². The van der Waals surface area contributed by atoms with E-state index in [-0.39, 0.29) is 11.5 Å². The number of nitrogens with zero attached hydrogens (tertiary/aromatic N) is 1. The van der Waals surface area contributed by atoms with Crippen LogP contribution in [-0.4, -0.2) is 15.2 Å². The normalized spacial score (nSPS) is 10.2. The zero-order chi connectivity index (χ0) is 15.4. The first-order chi connectivity index (χ1) is 10.7. The molecule has 5 heteroatoms. The molecular formula is C17H13NO4. The molecule has 0 aliphatic carbocycles. The summed E-state index contributed by atoms with van der Waals surface area (Å²) in [4.78, 5) is 4.06. The summed E-state index contributed by atoms with van der Waals surface area (Å²) in [6.45, 7) is 0. The highest BCUT2D eigenvalue weighted by atomic mass is 16.5. The quantitative estimate of drug-likeness (QED) is 0.759. The molecule has 2 N–H and O–H groups in total. The van der Waals surface area contributed by atoms with E-state index in [2.05, 4.69) is 4.98 Å². The molecule has 2 aromatic carbocycles. The summed E-state index contributed by atoms with van der Waals surface area (Å²) in [5.41, 5.74) is 0. The largest absolute Gasteiger partial charge is 0.508 e. The van der Waals surface area contributed by atoms with Crippen LogP contribution in [0.2, 0.25) is 0 Å². The van der Waals surface area contributed by atoms with E-state index < -0.39 is 0 Å². The van der Waals surface area contributed by atoms with Crippen molar-refractivity contribution in [1.82, 2.24) is 4.98 Å². The van der Waals surface area contributed by atoms with Gasteiger partial charge in [0.2, 0.25) is 0 Å². The molecule has 0 atom stereocenters. The Hall–Kier alpha value is -3.21. The molecule has 0 aliphatic heterocycles. The predicted octanol–water partition coefficient (Wildman–Crippen LogP) is 4.08. The van der Waals surface area contributed by atoms with Gasteiger partial charge in [0.25, 0.3) is 0 Å². The minimum absolute atomic E-state index is 0.176. The fourth-order valence-electron chi connectivity index (χ4n) is 1.81. The van der Waals surface area contributed by atoms with Crippen molar-refractivity contribution in [2.24, 2.45) is 0 Å². The first-order valence-electron chi connectivity index (χ1n) is 6.58. The first kappa shape index (κ1) is 13.8. The standard InChI is InChI=1S/C17H13NO4/c19-12-1-5-14(6-2-12)21-16-9-17(11-18-10-16)22-15-7-3-13(20)4-8-15/h1-11,19-20H. The topological polar surface area (TPSA) is 71.8 Å². The summed E-state index contributed by atoms with van der Waals surface area (Å²) in [5, 5.41) is 18.5. The fourth-order valence-corrected chi connectivity index (χ4v) is 1.81. The lowest BCUT2D eigenvalue weighted by molar-refractivity contribution is 0.449. The van der Waals surface area contributed by atoms with Crippen molar-refractivity contribution >= 4 is 0 Å². The van der Waals surface area contributed by atoms with Gasteiger partial charge < -0.3 is 19.7 Å². The van der Waals surface area contributed by atoms with Crippen LogP contribution in [0.15, 0.2) is 67.0 Å². The van der Waals surface area contributed by atoms with E-state index in [0.717, 1.165) is 0 Å². The van der Waals surface area contributed by atoms with Crippen molar-refractivity contribution in [3.63, 3.8) is 0 Å². The third-order valence-electron chi connectivity index (χ3n) is 2.83. The summed E-state index contributed by atoms with van der Waals surface area (Å²) < 4.78 is 11.3. The molecular weight excluding hydrogens is 282 g/mol. The number of ether oxygens (including phenoxy) is 2. The summed E-state index contributed by atoms with van der Waals surface area (Å²) in [7, 11) is 0. The highest BCUT2D eigenvalue weighted by Gasteiger charge is 2.03. The molecule has 0 saturated carbocycles. The smallest absolute Gasteiger partial charge is 0.149 e. The number of hydrogen-bond acceptors (Lipinski definition) is 5. The van der Waals surface area contributed by atoms with Gasteiger partial charge in [0.1, 0.15) is 34.5 Å². The molecule has 1 aromatic heterocycles. The number of phenolic OH excluding ortho intramolecular Hbond substituents is 2. The van der Waals surface area contributed by atoms with Crippen LogP contribution in [0, 0.1) is 0 Å². The molecule has 0 unspecified atom stereocenters. The van der Waals surface area contributed by atoms with Crippen molar-refractivity contribution in [1.29, 1.82) is 0 Å². The van der Waals surface area contributed by atoms with Crippen LogP contribution >= 0.6 is 0 Å². The van der Waals surface area contributed by atoms with Gasteiger partial charge in [-0.05, 0) is 48.5 Å². The van der Waals surface area contributed by atoms with E-state index in [1.54, 1.807) is 67.0 Å². The van der Waals surface area contributed by atoms with E-state index in [4.69, 9.17) is 9.47 Å². The second kappa shape index (κ2) is 6.05. The Morgan fingerprint density at radius 1 is 0.591 bits per heavy atom. The number of rotatable bonds is 4. The van der Waals surface area contributed by atoms with Crippen LogP contribution in [0.3, 0.4) is 0 Å².